The number of halogens is 1. The highest BCUT2D eigenvalue weighted by molar-refractivity contribution is 7.85. The van der Waals surface area contributed by atoms with E-state index in [1.165, 1.54) is 0 Å². The summed E-state index contributed by atoms with van der Waals surface area (Å²) in [4.78, 5) is 35.3. The van der Waals surface area contributed by atoms with E-state index in [-0.39, 0.29) is 41.0 Å². The van der Waals surface area contributed by atoms with E-state index in [0.29, 0.717) is 31.6 Å². The molecule has 11 N–H and O–H groups in total. The van der Waals surface area contributed by atoms with Gasteiger partial charge in [-0.05, 0) is 37.0 Å². The Hall–Kier alpha value is -3.73. The number of carbonyl (C=O) groups excluding carboxylic acids is 2. The van der Waals surface area contributed by atoms with E-state index >= 15 is 0 Å². The van der Waals surface area contributed by atoms with Crippen molar-refractivity contribution in [1.29, 1.82) is 0 Å². The second-order valence-electron chi connectivity index (χ2n) is 7.62. The maximum atomic E-state index is 12.2. The third-order valence-electron chi connectivity index (χ3n) is 4.28. The first kappa shape index (κ1) is 32.3. The van der Waals surface area contributed by atoms with Crippen molar-refractivity contribution in [3.63, 3.8) is 0 Å². The first-order valence-corrected chi connectivity index (χ1v) is 13.3. The van der Waals surface area contributed by atoms with E-state index in [1.807, 2.05) is 24.3 Å². The molecule has 38 heavy (non-hydrogen) atoms. The molecule has 0 saturated heterocycles. The van der Waals surface area contributed by atoms with Crippen LogP contribution in [0.1, 0.15) is 28.9 Å². The molecule has 0 unspecified atom stereocenters. The van der Waals surface area contributed by atoms with Crippen LogP contribution in [0.5, 0.6) is 5.75 Å². The van der Waals surface area contributed by atoms with E-state index < -0.39 is 16.0 Å². The zero-order chi connectivity index (χ0) is 28.7. The SMILES string of the molecule is CS(=O)(=O)O.NCCNC(=O)COc1ccc(CCCCN=C(N)NC(=O)c2nc(Cl)c(N)nc2N)cc1. The Bertz CT molecular complexity index is 1200. The third-order valence-corrected chi connectivity index (χ3v) is 4.56. The number of hydrogen-bond donors (Lipinski definition) is 7. The largest absolute Gasteiger partial charge is 0.484 e. The molecule has 0 aliphatic rings. The zero-order valence-electron chi connectivity index (χ0n) is 20.7. The average Bonchev–Trinajstić information content (AvgIpc) is 2.83. The molecule has 1 aromatic carbocycles. The number of aliphatic imine (C=N–C) groups is 1. The van der Waals surface area contributed by atoms with Crippen molar-refractivity contribution in [2.45, 2.75) is 19.3 Å². The number of carbonyl (C=O) groups is 2. The van der Waals surface area contributed by atoms with E-state index in [9.17, 15) is 18.0 Å². The maximum absolute atomic E-state index is 12.2. The molecular formula is C21H32ClN9O6S. The lowest BCUT2D eigenvalue weighted by Gasteiger charge is -2.08. The lowest BCUT2D eigenvalue weighted by molar-refractivity contribution is -0.123. The molecule has 1 aromatic heterocycles. The molecule has 1 heterocycles. The number of unbranched alkanes of at least 4 members (excludes halogenated alkanes) is 1. The van der Waals surface area contributed by atoms with Crippen LogP contribution in [0.2, 0.25) is 5.15 Å². The number of benzene rings is 1. The minimum atomic E-state index is -3.67. The van der Waals surface area contributed by atoms with E-state index in [0.717, 1.165) is 24.8 Å². The maximum Gasteiger partial charge on any atom is 0.280 e. The summed E-state index contributed by atoms with van der Waals surface area (Å²) in [5.41, 5.74) is 23.1. The lowest BCUT2D eigenvalue weighted by Crippen LogP contribution is -2.38. The smallest absolute Gasteiger partial charge is 0.280 e. The summed E-state index contributed by atoms with van der Waals surface area (Å²) in [6, 6.07) is 7.51. The normalized spacial score (nSPS) is 11.2. The first-order valence-electron chi connectivity index (χ1n) is 11.1. The Morgan fingerprint density at radius 2 is 1.76 bits per heavy atom. The highest BCUT2D eigenvalue weighted by atomic mass is 35.5. The van der Waals surface area contributed by atoms with Gasteiger partial charge in [-0.15, -0.1) is 0 Å². The number of hydrogen-bond acceptors (Lipinski definition) is 11. The number of nitrogen functional groups attached to an aromatic ring is 2. The molecule has 0 atom stereocenters. The van der Waals surface area contributed by atoms with E-state index in [1.54, 1.807) is 0 Å². The van der Waals surface area contributed by atoms with Gasteiger partial charge in [0.25, 0.3) is 21.9 Å². The molecule has 210 valence electrons. The van der Waals surface area contributed by atoms with Gasteiger partial charge in [0.2, 0.25) is 0 Å². The van der Waals surface area contributed by atoms with Gasteiger partial charge in [0.05, 0.1) is 6.26 Å². The number of nitrogens with zero attached hydrogens (tertiary/aromatic N) is 3. The zero-order valence-corrected chi connectivity index (χ0v) is 22.3. The van der Waals surface area contributed by atoms with Gasteiger partial charge in [0.1, 0.15) is 5.75 Å². The summed E-state index contributed by atoms with van der Waals surface area (Å²) in [7, 11) is -3.67. The molecule has 0 aliphatic heterocycles. The van der Waals surface area contributed by atoms with Crippen LogP contribution in [-0.4, -0.2) is 73.2 Å². The van der Waals surface area contributed by atoms with Crippen LogP contribution in [0.3, 0.4) is 0 Å². The van der Waals surface area contributed by atoms with Gasteiger partial charge in [-0.25, -0.2) is 9.97 Å². The summed E-state index contributed by atoms with van der Waals surface area (Å²) < 4.78 is 31.3. The highest BCUT2D eigenvalue weighted by Gasteiger charge is 2.16. The molecule has 0 saturated carbocycles. The van der Waals surface area contributed by atoms with Crippen LogP contribution in [0.25, 0.3) is 0 Å². The van der Waals surface area contributed by atoms with Crippen molar-refractivity contribution in [2.24, 2.45) is 16.5 Å². The molecule has 2 amide bonds. The van der Waals surface area contributed by atoms with Crippen LogP contribution in [0, 0.1) is 0 Å². The number of aryl methyl sites for hydroxylation is 1. The van der Waals surface area contributed by atoms with Crippen molar-refractivity contribution in [2.75, 3.05) is 44.0 Å². The molecule has 15 nitrogen and oxygen atoms in total. The number of amides is 2. The van der Waals surface area contributed by atoms with Gasteiger partial charge >= 0.3 is 0 Å². The predicted octanol–water partition coefficient (Wildman–Crippen LogP) is -0.680. The van der Waals surface area contributed by atoms with Gasteiger partial charge in [-0.2, -0.15) is 8.42 Å². The molecule has 2 aromatic rings. The average molecular weight is 574 g/mol. The van der Waals surface area contributed by atoms with Crippen LogP contribution in [-0.2, 0) is 21.3 Å². The minimum absolute atomic E-state index is 0.0557. The molecule has 0 radical (unpaired) electrons. The summed E-state index contributed by atoms with van der Waals surface area (Å²) in [6.45, 7) is 1.18. The Morgan fingerprint density at radius 3 is 2.37 bits per heavy atom. The van der Waals surface area contributed by atoms with E-state index in [4.69, 9.17) is 43.8 Å². The van der Waals surface area contributed by atoms with Crippen molar-refractivity contribution in [3.05, 3.63) is 40.7 Å². The first-order chi connectivity index (χ1) is 17.8. The van der Waals surface area contributed by atoms with Gasteiger partial charge < -0.3 is 33.0 Å². The fourth-order valence-electron chi connectivity index (χ4n) is 2.63. The Balaban J connectivity index is 0.00000132. The Morgan fingerprint density at radius 1 is 1.13 bits per heavy atom. The second-order valence-corrected chi connectivity index (χ2v) is 9.44. The number of ether oxygens (including phenoxy) is 1. The fraction of sp³-hybridized carbons (Fsp3) is 0.381. The Labute approximate surface area is 225 Å². The number of aromatic nitrogens is 2. The molecule has 2 rings (SSSR count). The molecular weight excluding hydrogens is 542 g/mol. The molecule has 17 heteroatoms. The second kappa shape index (κ2) is 16.2. The number of guanidine groups is 1. The number of nitrogens with two attached hydrogens (primary N) is 4. The number of anilines is 2. The summed E-state index contributed by atoms with van der Waals surface area (Å²) in [6.07, 6.45) is 3.16. The van der Waals surface area contributed by atoms with Gasteiger partial charge in [-0.3, -0.25) is 24.5 Å². The molecule has 0 aliphatic carbocycles. The standard InChI is InChI=1S/C20H28ClN9O3.CH4O3S/c21-16-18(24)29-17(23)15(28-16)19(32)30-20(25)27-9-2-1-3-12-4-6-13(7-5-12)33-11-14(31)26-10-8-22;1-5(2,3)4/h4-7H,1-3,8-11,22H2,(H,26,31)(H4,23,24,29)(H3,25,27,30,32);1H3,(H,2,3,4). The lowest BCUT2D eigenvalue weighted by atomic mass is 10.1. The van der Waals surface area contributed by atoms with Crippen molar-refractivity contribution in [3.8, 4) is 5.75 Å². The van der Waals surface area contributed by atoms with Crippen LogP contribution < -0.4 is 38.3 Å². The van der Waals surface area contributed by atoms with Crippen molar-refractivity contribution < 1.29 is 27.3 Å². The monoisotopic (exact) mass is 573 g/mol. The van der Waals surface area contributed by atoms with Crippen LogP contribution in [0.15, 0.2) is 29.3 Å². The quantitative estimate of drug-likeness (QED) is 0.0762. The minimum Gasteiger partial charge on any atom is -0.484 e. The predicted molar refractivity (Wildman–Crippen MR) is 144 cm³/mol. The Kier molecular flexibility index (Phi) is 13.8. The number of rotatable bonds is 11. The number of nitrogens with one attached hydrogen (secondary N) is 2. The van der Waals surface area contributed by atoms with Crippen LogP contribution in [0.4, 0.5) is 11.6 Å². The molecule has 0 spiro atoms. The van der Waals surface area contributed by atoms with E-state index in [2.05, 4.69) is 25.6 Å². The van der Waals surface area contributed by atoms with Crippen molar-refractivity contribution >= 4 is 51.1 Å². The summed E-state index contributed by atoms with van der Waals surface area (Å²) in [5, 5.41) is 4.89. The summed E-state index contributed by atoms with van der Waals surface area (Å²) in [5.74, 6) is -0.570. The topological polar surface area (TPSA) is 264 Å². The molecule has 0 bridgehead atoms. The fourth-order valence-corrected chi connectivity index (χ4v) is 2.75. The van der Waals surface area contributed by atoms with Gasteiger partial charge in [0, 0.05) is 19.6 Å². The van der Waals surface area contributed by atoms with Gasteiger partial charge in [-0.1, -0.05) is 23.7 Å². The van der Waals surface area contributed by atoms with Crippen molar-refractivity contribution in [1.82, 2.24) is 20.6 Å². The highest BCUT2D eigenvalue weighted by Crippen LogP contribution is 2.17. The third kappa shape index (κ3) is 14.1. The molecule has 0 fully saturated rings. The van der Waals surface area contributed by atoms with Gasteiger partial charge in [0.15, 0.2) is 35.0 Å². The summed E-state index contributed by atoms with van der Waals surface area (Å²) >= 11 is 5.77. The van der Waals surface area contributed by atoms with Crippen LogP contribution >= 0.6 is 11.6 Å².